The first-order valence-electron chi connectivity index (χ1n) is 6.62. The quantitative estimate of drug-likeness (QED) is 0.846. The van der Waals surface area contributed by atoms with Crippen molar-refractivity contribution in [3.63, 3.8) is 0 Å². The maximum Gasteiger partial charge on any atom is 0.261 e. The number of pyridine rings is 1. The fourth-order valence-electron chi connectivity index (χ4n) is 2.47. The van der Waals surface area contributed by atoms with Gasteiger partial charge in [0.05, 0.1) is 18.2 Å². The summed E-state index contributed by atoms with van der Waals surface area (Å²) >= 11 is 4.92. The van der Waals surface area contributed by atoms with Crippen LogP contribution in [0, 0.1) is 11.7 Å². The Bertz CT molecular complexity index is 724. The molecule has 1 atom stereocenters. The van der Waals surface area contributed by atoms with Crippen molar-refractivity contribution in [1.29, 1.82) is 0 Å². The lowest BCUT2D eigenvalue weighted by Gasteiger charge is -2.15. The molecule has 1 aliphatic rings. The van der Waals surface area contributed by atoms with Gasteiger partial charge in [-0.2, -0.15) is 4.98 Å². The Morgan fingerprint density at radius 2 is 2.35 bits per heavy atom. The molecule has 6 nitrogen and oxygen atoms in total. The van der Waals surface area contributed by atoms with Gasteiger partial charge >= 0.3 is 0 Å². The molecule has 2 aromatic rings. The average Bonchev–Trinajstić information content (AvgIpc) is 3.06. The second-order valence-electron chi connectivity index (χ2n) is 4.95. The van der Waals surface area contributed by atoms with Crippen molar-refractivity contribution in [3.8, 4) is 11.4 Å². The summed E-state index contributed by atoms with van der Waals surface area (Å²) in [6, 6.07) is 3.68. The molecule has 0 spiro atoms. The predicted octanol–water partition coefficient (Wildman–Crippen LogP) is 1.78. The van der Waals surface area contributed by atoms with Crippen LogP contribution in [0.15, 0.2) is 16.9 Å². The number of aromatic nitrogens is 4. The van der Waals surface area contributed by atoms with Crippen LogP contribution in [0.25, 0.3) is 11.4 Å². The summed E-state index contributed by atoms with van der Waals surface area (Å²) < 4.78 is 7.70. The number of nitrogens with one attached hydrogen (secondary N) is 2. The predicted molar refractivity (Wildman–Crippen MR) is 77.2 cm³/mol. The summed E-state index contributed by atoms with van der Waals surface area (Å²) in [6.45, 7) is 3.29. The van der Waals surface area contributed by atoms with Crippen molar-refractivity contribution < 1.29 is 4.74 Å². The minimum Gasteiger partial charge on any atom is -0.376 e. The van der Waals surface area contributed by atoms with E-state index in [2.05, 4.69) is 15.2 Å². The molecular weight excluding hydrogens is 276 g/mol. The third-order valence-corrected chi connectivity index (χ3v) is 3.75. The Labute approximate surface area is 120 Å². The SMILES string of the molecule is Cc1ccc(-c2nc(=S)[nH][nH]2)c(=O)n1CC1CCCO1. The number of nitrogens with zero attached hydrogens (tertiary/aromatic N) is 2. The monoisotopic (exact) mass is 292 g/mol. The van der Waals surface area contributed by atoms with E-state index in [-0.39, 0.29) is 11.7 Å². The Hall–Kier alpha value is -1.73. The van der Waals surface area contributed by atoms with E-state index in [9.17, 15) is 4.79 Å². The molecule has 0 aliphatic carbocycles. The van der Waals surface area contributed by atoms with Gasteiger partial charge < -0.3 is 9.30 Å². The first-order chi connectivity index (χ1) is 9.65. The van der Waals surface area contributed by atoms with Gasteiger partial charge in [0.2, 0.25) is 4.77 Å². The highest BCUT2D eigenvalue weighted by Crippen LogP contribution is 2.15. The van der Waals surface area contributed by atoms with Gasteiger partial charge in [-0.05, 0) is 44.1 Å². The van der Waals surface area contributed by atoms with E-state index in [1.54, 1.807) is 10.6 Å². The molecule has 1 fully saturated rings. The number of hydrogen-bond donors (Lipinski definition) is 2. The Morgan fingerprint density at radius 1 is 1.50 bits per heavy atom. The highest BCUT2D eigenvalue weighted by Gasteiger charge is 2.19. The number of ether oxygens (including phenoxy) is 1. The Morgan fingerprint density at radius 3 is 3.00 bits per heavy atom. The fraction of sp³-hybridized carbons (Fsp3) is 0.462. The maximum atomic E-state index is 12.6. The lowest BCUT2D eigenvalue weighted by atomic mass is 10.2. The number of rotatable bonds is 3. The lowest BCUT2D eigenvalue weighted by molar-refractivity contribution is 0.0957. The van der Waals surface area contributed by atoms with E-state index < -0.39 is 0 Å². The van der Waals surface area contributed by atoms with Crippen LogP contribution in [0.2, 0.25) is 0 Å². The summed E-state index contributed by atoms with van der Waals surface area (Å²) in [6.07, 6.45) is 2.19. The van der Waals surface area contributed by atoms with Crippen LogP contribution in [-0.4, -0.2) is 32.5 Å². The molecule has 1 unspecified atom stereocenters. The molecule has 0 aromatic carbocycles. The number of aromatic amines is 2. The lowest BCUT2D eigenvalue weighted by Crippen LogP contribution is -2.29. The van der Waals surface area contributed by atoms with Gasteiger partial charge in [0.25, 0.3) is 5.56 Å². The minimum atomic E-state index is -0.0711. The Kier molecular flexibility index (Phi) is 3.54. The van der Waals surface area contributed by atoms with E-state index in [0.717, 1.165) is 25.1 Å². The molecule has 0 radical (unpaired) electrons. The molecule has 1 aliphatic heterocycles. The minimum absolute atomic E-state index is 0.0711. The molecule has 2 N–H and O–H groups in total. The van der Waals surface area contributed by atoms with Gasteiger partial charge in [-0.25, -0.2) is 0 Å². The van der Waals surface area contributed by atoms with Crippen molar-refractivity contribution in [1.82, 2.24) is 19.7 Å². The number of aryl methyl sites for hydroxylation is 1. The number of hydrogen-bond acceptors (Lipinski definition) is 4. The highest BCUT2D eigenvalue weighted by atomic mass is 32.1. The first-order valence-corrected chi connectivity index (χ1v) is 7.03. The highest BCUT2D eigenvalue weighted by molar-refractivity contribution is 7.71. The topological polar surface area (TPSA) is 75.7 Å². The summed E-state index contributed by atoms with van der Waals surface area (Å²) in [4.78, 5) is 16.7. The third kappa shape index (κ3) is 2.46. The molecule has 0 bridgehead atoms. The van der Waals surface area contributed by atoms with Crippen LogP contribution in [0.1, 0.15) is 18.5 Å². The largest absolute Gasteiger partial charge is 0.376 e. The standard InChI is InChI=1S/C13H16N4O2S/c1-8-4-5-10(11-14-13(20)16-15-11)12(18)17(8)7-9-3-2-6-19-9/h4-5,9H,2-3,6-7H2,1H3,(H2,14,15,16,20). The normalized spacial score (nSPS) is 18.6. The summed E-state index contributed by atoms with van der Waals surface area (Å²) in [7, 11) is 0. The molecular formula is C13H16N4O2S. The van der Waals surface area contributed by atoms with Crippen LogP contribution in [-0.2, 0) is 11.3 Å². The summed E-state index contributed by atoms with van der Waals surface area (Å²) in [5.41, 5.74) is 1.36. The average molecular weight is 292 g/mol. The van der Waals surface area contributed by atoms with Crippen LogP contribution in [0.4, 0.5) is 0 Å². The molecule has 0 saturated carbocycles. The van der Waals surface area contributed by atoms with Crippen LogP contribution < -0.4 is 5.56 Å². The Balaban J connectivity index is 2.01. The molecule has 1 saturated heterocycles. The van der Waals surface area contributed by atoms with Gasteiger partial charge in [-0.3, -0.25) is 15.0 Å². The van der Waals surface area contributed by atoms with Crippen molar-refractivity contribution in [2.24, 2.45) is 0 Å². The van der Waals surface area contributed by atoms with Crippen molar-refractivity contribution >= 4 is 12.2 Å². The van der Waals surface area contributed by atoms with E-state index in [4.69, 9.17) is 17.0 Å². The van der Waals surface area contributed by atoms with Gasteiger partial charge in [-0.1, -0.05) is 0 Å². The first kappa shape index (κ1) is 13.3. The van der Waals surface area contributed by atoms with E-state index in [1.165, 1.54) is 0 Å². The van der Waals surface area contributed by atoms with Crippen molar-refractivity contribution in [2.75, 3.05) is 6.61 Å². The second kappa shape index (κ2) is 5.34. The second-order valence-corrected chi connectivity index (χ2v) is 5.34. The van der Waals surface area contributed by atoms with Crippen LogP contribution in [0.3, 0.4) is 0 Å². The molecule has 0 amide bonds. The summed E-state index contributed by atoms with van der Waals surface area (Å²) in [5.74, 6) is 0.473. The zero-order valence-electron chi connectivity index (χ0n) is 11.2. The molecule has 2 aromatic heterocycles. The maximum absolute atomic E-state index is 12.6. The fourth-order valence-corrected chi connectivity index (χ4v) is 2.61. The van der Waals surface area contributed by atoms with Gasteiger partial charge in [0.15, 0.2) is 5.82 Å². The van der Waals surface area contributed by atoms with Gasteiger partial charge in [0.1, 0.15) is 0 Å². The molecule has 3 heterocycles. The smallest absolute Gasteiger partial charge is 0.261 e. The van der Waals surface area contributed by atoms with E-state index in [1.807, 2.05) is 13.0 Å². The van der Waals surface area contributed by atoms with Gasteiger partial charge in [-0.15, -0.1) is 0 Å². The van der Waals surface area contributed by atoms with Crippen molar-refractivity contribution in [2.45, 2.75) is 32.4 Å². The van der Waals surface area contributed by atoms with Crippen LogP contribution in [0.5, 0.6) is 0 Å². The molecule has 3 rings (SSSR count). The van der Waals surface area contributed by atoms with E-state index >= 15 is 0 Å². The summed E-state index contributed by atoms with van der Waals surface area (Å²) in [5, 5.41) is 5.53. The zero-order chi connectivity index (χ0) is 14.1. The molecule has 106 valence electrons. The van der Waals surface area contributed by atoms with Crippen LogP contribution >= 0.6 is 12.2 Å². The van der Waals surface area contributed by atoms with Crippen molar-refractivity contribution in [3.05, 3.63) is 33.0 Å². The third-order valence-electron chi connectivity index (χ3n) is 3.56. The number of H-pyrrole nitrogens is 2. The zero-order valence-corrected chi connectivity index (χ0v) is 12.0. The molecule has 7 heteroatoms. The molecule has 20 heavy (non-hydrogen) atoms. The van der Waals surface area contributed by atoms with E-state index in [0.29, 0.717) is 22.7 Å². The van der Waals surface area contributed by atoms with Gasteiger partial charge in [0, 0.05) is 12.3 Å².